The third-order valence-corrected chi connectivity index (χ3v) is 1.18. The minimum atomic E-state index is -0.556. The number of rotatable bonds is 3. The number of carbonyl (C=O) groups excluding carboxylic acids is 2. The molecule has 0 radical (unpaired) electrons. The first-order valence-electron chi connectivity index (χ1n) is 3.25. The average molecular weight is 165 g/mol. The summed E-state index contributed by atoms with van der Waals surface area (Å²) >= 11 is 0. The molecule has 1 rings (SSSR count). The maximum Gasteiger partial charge on any atom is 0.241 e. The molecule has 1 aromatic heterocycles. The van der Waals surface area contributed by atoms with Crippen LogP contribution in [0.4, 0.5) is 0 Å². The minimum absolute atomic E-state index is 0.221. The fraction of sp³-hybridized carbons (Fsp3) is 0. The molecule has 4 heteroatoms. The maximum atomic E-state index is 10.3. The van der Waals surface area contributed by atoms with Crippen LogP contribution in [0.1, 0.15) is 16.3 Å². The predicted octanol–water partition coefficient (Wildman–Crippen LogP) is 0.591. The third kappa shape index (κ3) is 2.09. The molecule has 0 saturated carbocycles. The summed E-state index contributed by atoms with van der Waals surface area (Å²) in [4.78, 5) is 20.4. The Bertz CT molecular complexity index is 325. The highest BCUT2D eigenvalue weighted by Gasteiger charge is 1.96. The van der Waals surface area contributed by atoms with Crippen molar-refractivity contribution in [3.8, 4) is 0 Å². The smallest absolute Gasteiger partial charge is 0.241 e. The Morgan fingerprint density at radius 2 is 2.08 bits per heavy atom. The number of primary amides is 1. The molecule has 0 spiro atoms. The van der Waals surface area contributed by atoms with Crippen LogP contribution < -0.4 is 5.73 Å². The molecule has 0 bridgehead atoms. The van der Waals surface area contributed by atoms with Gasteiger partial charge in [0, 0.05) is 6.08 Å². The topological polar surface area (TPSA) is 73.3 Å². The van der Waals surface area contributed by atoms with Crippen molar-refractivity contribution in [2.24, 2.45) is 5.73 Å². The summed E-state index contributed by atoms with van der Waals surface area (Å²) in [6.45, 7) is 0. The summed E-state index contributed by atoms with van der Waals surface area (Å²) in [6, 6.07) is 3.08. The highest BCUT2D eigenvalue weighted by molar-refractivity contribution is 5.89. The van der Waals surface area contributed by atoms with E-state index in [9.17, 15) is 9.59 Å². The SMILES string of the molecule is NC(=O)C=Cc1ccc(C=O)o1. The third-order valence-electron chi connectivity index (χ3n) is 1.18. The van der Waals surface area contributed by atoms with E-state index in [1.54, 1.807) is 6.07 Å². The molecule has 62 valence electrons. The summed E-state index contributed by atoms with van der Waals surface area (Å²) in [5.41, 5.74) is 4.84. The Morgan fingerprint density at radius 1 is 1.42 bits per heavy atom. The van der Waals surface area contributed by atoms with Crippen LogP contribution in [0.5, 0.6) is 0 Å². The van der Waals surface area contributed by atoms with Crippen molar-refractivity contribution in [3.05, 3.63) is 29.7 Å². The van der Waals surface area contributed by atoms with E-state index in [1.807, 2.05) is 0 Å². The summed E-state index contributed by atoms with van der Waals surface area (Å²) in [6.07, 6.45) is 3.14. The Hall–Kier alpha value is -1.84. The Labute approximate surface area is 68.7 Å². The zero-order chi connectivity index (χ0) is 8.97. The normalized spacial score (nSPS) is 10.3. The fourth-order valence-electron chi connectivity index (χ4n) is 0.686. The zero-order valence-corrected chi connectivity index (χ0v) is 6.19. The first kappa shape index (κ1) is 8.26. The van der Waals surface area contributed by atoms with Crippen molar-refractivity contribution >= 4 is 18.3 Å². The van der Waals surface area contributed by atoms with Crippen molar-refractivity contribution in [1.29, 1.82) is 0 Å². The molecule has 2 N–H and O–H groups in total. The standard InChI is InChI=1S/C8H7NO3/c9-8(11)4-3-6-1-2-7(5-10)12-6/h1-5H,(H2,9,11). The fourth-order valence-corrected chi connectivity index (χ4v) is 0.686. The van der Waals surface area contributed by atoms with Crippen LogP contribution in [0.3, 0.4) is 0 Å². The molecule has 0 aliphatic carbocycles. The average Bonchev–Trinajstić information content (AvgIpc) is 2.48. The lowest BCUT2D eigenvalue weighted by molar-refractivity contribution is -0.113. The van der Waals surface area contributed by atoms with Gasteiger partial charge in [-0.1, -0.05) is 0 Å². The molecule has 0 fully saturated rings. The van der Waals surface area contributed by atoms with Crippen molar-refractivity contribution in [3.63, 3.8) is 0 Å². The van der Waals surface area contributed by atoms with Crippen molar-refractivity contribution in [1.82, 2.24) is 0 Å². The lowest BCUT2D eigenvalue weighted by Crippen LogP contribution is -2.04. The number of hydrogen-bond acceptors (Lipinski definition) is 3. The van der Waals surface area contributed by atoms with Crippen LogP contribution in [-0.4, -0.2) is 12.2 Å². The highest BCUT2D eigenvalue weighted by Crippen LogP contribution is 2.06. The minimum Gasteiger partial charge on any atom is -0.454 e. The first-order valence-corrected chi connectivity index (χ1v) is 3.25. The van der Waals surface area contributed by atoms with Gasteiger partial charge in [-0.15, -0.1) is 0 Å². The lowest BCUT2D eigenvalue weighted by Gasteiger charge is -1.82. The van der Waals surface area contributed by atoms with Gasteiger partial charge in [-0.3, -0.25) is 9.59 Å². The van der Waals surface area contributed by atoms with E-state index in [0.717, 1.165) is 6.08 Å². The molecule has 1 heterocycles. The molecule has 0 aromatic carbocycles. The molecule has 0 aliphatic heterocycles. The Balaban J connectivity index is 2.76. The summed E-state index contributed by atoms with van der Waals surface area (Å²) < 4.78 is 4.92. The van der Waals surface area contributed by atoms with Crippen molar-refractivity contribution < 1.29 is 14.0 Å². The van der Waals surface area contributed by atoms with E-state index >= 15 is 0 Å². The summed E-state index contributed by atoms with van der Waals surface area (Å²) in [5.74, 6) is 0.0917. The molecule has 1 amide bonds. The molecule has 1 aromatic rings. The number of aldehydes is 1. The van der Waals surface area contributed by atoms with E-state index in [0.29, 0.717) is 12.0 Å². The van der Waals surface area contributed by atoms with Crippen LogP contribution >= 0.6 is 0 Å². The number of furan rings is 1. The molecular formula is C8H7NO3. The molecule has 0 aliphatic rings. The molecule has 0 atom stereocenters. The maximum absolute atomic E-state index is 10.3. The lowest BCUT2D eigenvalue weighted by atomic mass is 10.4. The van der Waals surface area contributed by atoms with Gasteiger partial charge in [0.25, 0.3) is 0 Å². The molecule has 4 nitrogen and oxygen atoms in total. The number of nitrogens with two attached hydrogens (primary N) is 1. The van der Waals surface area contributed by atoms with Gasteiger partial charge in [0.1, 0.15) is 5.76 Å². The van der Waals surface area contributed by atoms with E-state index < -0.39 is 5.91 Å². The van der Waals surface area contributed by atoms with Gasteiger partial charge >= 0.3 is 0 Å². The van der Waals surface area contributed by atoms with Crippen LogP contribution in [0.2, 0.25) is 0 Å². The molecule has 0 saturated heterocycles. The van der Waals surface area contributed by atoms with Crippen molar-refractivity contribution in [2.45, 2.75) is 0 Å². The van der Waals surface area contributed by atoms with E-state index in [2.05, 4.69) is 0 Å². The molecular weight excluding hydrogens is 158 g/mol. The second-order valence-corrected chi connectivity index (χ2v) is 2.09. The zero-order valence-electron chi connectivity index (χ0n) is 6.19. The number of amides is 1. The predicted molar refractivity (Wildman–Crippen MR) is 42.3 cm³/mol. The monoisotopic (exact) mass is 165 g/mol. The van der Waals surface area contributed by atoms with Crippen LogP contribution in [0.15, 0.2) is 22.6 Å². The molecule has 0 unspecified atom stereocenters. The molecule has 12 heavy (non-hydrogen) atoms. The first-order chi connectivity index (χ1) is 5.72. The van der Waals surface area contributed by atoms with E-state index in [1.165, 1.54) is 12.1 Å². The second kappa shape index (κ2) is 3.52. The van der Waals surface area contributed by atoms with Crippen LogP contribution in [0, 0.1) is 0 Å². The quantitative estimate of drug-likeness (QED) is 0.526. The van der Waals surface area contributed by atoms with Gasteiger partial charge in [0.15, 0.2) is 12.0 Å². The summed E-state index contributed by atoms with van der Waals surface area (Å²) in [7, 11) is 0. The largest absolute Gasteiger partial charge is 0.454 e. The van der Waals surface area contributed by atoms with Gasteiger partial charge in [-0.2, -0.15) is 0 Å². The number of hydrogen-bond donors (Lipinski definition) is 1. The number of carbonyl (C=O) groups is 2. The van der Waals surface area contributed by atoms with Gasteiger partial charge in [-0.25, -0.2) is 0 Å². The van der Waals surface area contributed by atoms with Gasteiger partial charge in [-0.05, 0) is 18.2 Å². The van der Waals surface area contributed by atoms with Crippen LogP contribution in [-0.2, 0) is 4.79 Å². The van der Waals surface area contributed by atoms with Crippen LogP contribution in [0.25, 0.3) is 6.08 Å². The van der Waals surface area contributed by atoms with Crippen molar-refractivity contribution in [2.75, 3.05) is 0 Å². The van der Waals surface area contributed by atoms with Gasteiger partial charge in [0.05, 0.1) is 0 Å². The Kier molecular flexibility index (Phi) is 2.42. The highest BCUT2D eigenvalue weighted by atomic mass is 16.3. The Morgan fingerprint density at radius 3 is 2.58 bits per heavy atom. The summed E-state index contributed by atoms with van der Waals surface area (Å²) in [5, 5.41) is 0. The second-order valence-electron chi connectivity index (χ2n) is 2.09. The van der Waals surface area contributed by atoms with E-state index in [4.69, 9.17) is 10.2 Å². The van der Waals surface area contributed by atoms with Gasteiger partial charge < -0.3 is 10.2 Å². The van der Waals surface area contributed by atoms with Gasteiger partial charge in [0.2, 0.25) is 5.91 Å². The van der Waals surface area contributed by atoms with E-state index in [-0.39, 0.29) is 5.76 Å².